The molecule has 1 aromatic heterocycles. The third kappa shape index (κ3) is 3.89. The molecule has 0 unspecified atom stereocenters. The van der Waals surface area contributed by atoms with Crippen molar-refractivity contribution < 1.29 is 13.2 Å². The second kappa shape index (κ2) is 6.97. The lowest BCUT2D eigenvalue weighted by Crippen LogP contribution is -2.14. The van der Waals surface area contributed by atoms with E-state index < -0.39 is 15.7 Å². The van der Waals surface area contributed by atoms with Crippen LogP contribution in [0, 0.1) is 0 Å². The summed E-state index contributed by atoms with van der Waals surface area (Å²) in [6, 6.07) is 16.9. The Morgan fingerprint density at radius 3 is 2.50 bits per heavy atom. The second-order valence-electron chi connectivity index (χ2n) is 5.77. The fourth-order valence-corrected chi connectivity index (χ4v) is 3.12. The molecule has 0 atom stereocenters. The maximum Gasteiger partial charge on any atom is 0.257 e. The largest absolute Gasteiger partial charge is 0.398 e. The number of nitrogens with zero attached hydrogens (tertiary/aromatic N) is 1. The average molecular weight is 367 g/mol. The first-order valence-corrected chi connectivity index (χ1v) is 9.66. The van der Waals surface area contributed by atoms with E-state index in [1.54, 1.807) is 18.3 Å². The van der Waals surface area contributed by atoms with Gasteiger partial charge in [0.2, 0.25) is 0 Å². The number of sulfone groups is 1. The summed E-state index contributed by atoms with van der Waals surface area (Å²) in [6.07, 6.45) is 2.79. The van der Waals surface area contributed by atoms with Gasteiger partial charge in [0.1, 0.15) is 0 Å². The molecule has 0 aliphatic heterocycles. The van der Waals surface area contributed by atoms with Gasteiger partial charge in [0.25, 0.3) is 5.91 Å². The van der Waals surface area contributed by atoms with Crippen LogP contribution in [0.3, 0.4) is 0 Å². The van der Waals surface area contributed by atoms with Gasteiger partial charge in [-0.05, 0) is 42.5 Å². The van der Waals surface area contributed by atoms with E-state index in [9.17, 15) is 13.2 Å². The molecule has 1 amide bonds. The number of anilines is 2. The fraction of sp³-hybridized carbons (Fsp3) is 0.0526. The van der Waals surface area contributed by atoms with Gasteiger partial charge in [-0.2, -0.15) is 0 Å². The van der Waals surface area contributed by atoms with Crippen molar-refractivity contribution in [1.29, 1.82) is 0 Å². The highest BCUT2D eigenvalue weighted by atomic mass is 32.2. The van der Waals surface area contributed by atoms with E-state index in [0.29, 0.717) is 5.69 Å². The molecule has 6 nitrogen and oxygen atoms in total. The molecule has 0 radical (unpaired) electrons. The SMILES string of the molecule is CS(=O)(=O)c1ccc(C(=O)Nc2cccc(-c3ccccn3)c2)c(N)c1. The molecule has 0 saturated heterocycles. The van der Waals surface area contributed by atoms with Crippen LogP contribution in [0.15, 0.2) is 71.8 Å². The molecule has 0 spiro atoms. The third-order valence-corrected chi connectivity index (χ3v) is 4.89. The lowest BCUT2D eigenvalue weighted by atomic mass is 10.1. The number of benzene rings is 2. The lowest BCUT2D eigenvalue weighted by molar-refractivity contribution is 0.102. The topological polar surface area (TPSA) is 102 Å². The Bertz CT molecular complexity index is 1060. The molecule has 3 rings (SSSR count). The fourth-order valence-electron chi connectivity index (χ4n) is 2.47. The number of amides is 1. The Morgan fingerprint density at radius 1 is 1.04 bits per heavy atom. The number of nitrogens with one attached hydrogen (secondary N) is 1. The number of nitrogen functional groups attached to an aromatic ring is 1. The number of hydrogen-bond acceptors (Lipinski definition) is 5. The minimum atomic E-state index is -3.38. The van der Waals surface area contributed by atoms with Gasteiger partial charge in [-0.1, -0.05) is 18.2 Å². The molecule has 0 aliphatic rings. The van der Waals surface area contributed by atoms with Crippen LogP contribution in [-0.2, 0) is 9.84 Å². The van der Waals surface area contributed by atoms with E-state index >= 15 is 0 Å². The number of nitrogens with two attached hydrogens (primary N) is 1. The van der Waals surface area contributed by atoms with Gasteiger partial charge in [0.15, 0.2) is 9.84 Å². The van der Waals surface area contributed by atoms with Gasteiger partial charge in [0, 0.05) is 29.4 Å². The summed E-state index contributed by atoms with van der Waals surface area (Å²) in [6.45, 7) is 0. The van der Waals surface area contributed by atoms with Crippen molar-refractivity contribution in [2.24, 2.45) is 0 Å². The van der Waals surface area contributed by atoms with Crippen molar-refractivity contribution >= 4 is 27.1 Å². The number of aromatic nitrogens is 1. The standard InChI is InChI=1S/C19H17N3O3S/c1-26(24,25)15-8-9-16(17(20)12-15)19(23)22-14-6-4-5-13(11-14)18-7-2-3-10-21-18/h2-12H,20H2,1H3,(H,22,23). The molecule has 0 saturated carbocycles. The highest BCUT2D eigenvalue weighted by molar-refractivity contribution is 7.90. The number of pyridine rings is 1. The smallest absolute Gasteiger partial charge is 0.257 e. The Labute approximate surface area is 151 Å². The summed E-state index contributed by atoms with van der Waals surface area (Å²) in [5.74, 6) is -0.416. The van der Waals surface area contributed by atoms with Gasteiger partial charge in [-0.3, -0.25) is 9.78 Å². The lowest BCUT2D eigenvalue weighted by Gasteiger charge is -2.10. The van der Waals surface area contributed by atoms with E-state index in [1.807, 2.05) is 30.3 Å². The molecule has 0 aliphatic carbocycles. The zero-order valence-electron chi connectivity index (χ0n) is 14.0. The Balaban J connectivity index is 1.85. The van der Waals surface area contributed by atoms with Crippen molar-refractivity contribution in [2.75, 3.05) is 17.3 Å². The highest BCUT2D eigenvalue weighted by Crippen LogP contribution is 2.23. The molecule has 3 aromatic rings. The van der Waals surface area contributed by atoms with Crippen LogP contribution in [0.2, 0.25) is 0 Å². The first kappa shape index (κ1) is 17.6. The van der Waals surface area contributed by atoms with Crippen LogP contribution < -0.4 is 11.1 Å². The third-order valence-electron chi connectivity index (χ3n) is 3.78. The predicted molar refractivity (Wildman–Crippen MR) is 102 cm³/mol. The summed E-state index contributed by atoms with van der Waals surface area (Å²) >= 11 is 0. The van der Waals surface area contributed by atoms with Crippen molar-refractivity contribution in [1.82, 2.24) is 4.98 Å². The Morgan fingerprint density at radius 2 is 1.85 bits per heavy atom. The number of rotatable bonds is 4. The van der Waals surface area contributed by atoms with Crippen LogP contribution in [0.5, 0.6) is 0 Å². The van der Waals surface area contributed by atoms with Crippen LogP contribution in [0.25, 0.3) is 11.3 Å². The van der Waals surface area contributed by atoms with E-state index in [4.69, 9.17) is 5.73 Å². The summed E-state index contributed by atoms with van der Waals surface area (Å²) in [7, 11) is -3.38. The van der Waals surface area contributed by atoms with E-state index in [1.165, 1.54) is 18.2 Å². The number of hydrogen-bond donors (Lipinski definition) is 2. The van der Waals surface area contributed by atoms with Gasteiger partial charge < -0.3 is 11.1 Å². The molecule has 0 bridgehead atoms. The normalized spacial score (nSPS) is 11.1. The maximum atomic E-state index is 12.5. The molecule has 1 heterocycles. The monoisotopic (exact) mass is 367 g/mol. The van der Waals surface area contributed by atoms with Gasteiger partial charge >= 0.3 is 0 Å². The van der Waals surface area contributed by atoms with Gasteiger partial charge in [0.05, 0.1) is 16.2 Å². The molecule has 3 N–H and O–H groups in total. The van der Waals surface area contributed by atoms with Crippen LogP contribution in [-0.4, -0.2) is 25.6 Å². The minimum absolute atomic E-state index is 0.0729. The molecular weight excluding hydrogens is 350 g/mol. The highest BCUT2D eigenvalue weighted by Gasteiger charge is 2.14. The summed E-state index contributed by atoms with van der Waals surface area (Å²) < 4.78 is 23.1. The zero-order valence-corrected chi connectivity index (χ0v) is 14.8. The number of carbonyl (C=O) groups excluding carboxylic acids is 1. The summed E-state index contributed by atoms with van der Waals surface area (Å²) in [4.78, 5) is 16.8. The van der Waals surface area contributed by atoms with Crippen molar-refractivity contribution in [3.63, 3.8) is 0 Å². The van der Waals surface area contributed by atoms with E-state index in [0.717, 1.165) is 17.5 Å². The molecular formula is C19H17N3O3S. The first-order valence-electron chi connectivity index (χ1n) is 7.77. The number of carbonyl (C=O) groups is 1. The molecule has 0 fully saturated rings. The maximum absolute atomic E-state index is 12.5. The first-order chi connectivity index (χ1) is 12.3. The van der Waals surface area contributed by atoms with Crippen molar-refractivity contribution in [3.8, 4) is 11.3 Å². The van der Waals surface area contributed by atoms with Gasteiger partial charge in [-0.25, -0.2) is 8.42 Å². The second-order valence-corrected chi connectivity index (χ2v) is 7.79. The molecule has 132 valence electrons. The molecule has 26 heavy (non-hydrogen) atoms. The average Bonchev–Trinajstić information content (AvgIpc) is 2.61. The van der Waals surface area contributed by atoms with E-state index in [-0.39, 0.29) is 16.1 Å². The summed E-state index contributed by atoms with van der Waals surface area (Å²) in [5.41, 5.74) is 8.41. The van der Waals surface area contributed by atoms with E-state index in [2.05, 4.69) is 10.3 Å². The molecule has 7 heteroatoms. The van der Waals surface area contributed by atoms with Crippen LogP contribution in [0.1, 0.15) is 10.4 Å². The van der Waals surface area contributed by atoms with Crippen molar-refractivity contribution in [3.05, 3.63) is 72.4 Å². The Kier molecular flexibility index (Phi) is 4.73. The zero-order chi connectivity index (χ0) is 18.7. The van der Waals surface area contributed by atoms with Crippen LogP contribution in [0.4, 0.5) is 11.4 Å². The van der Waals surface area contributed by atoms with Crippen molar-refractivity contribution in [2.45, 2.75) is 4.90 Å². The molecule has 2 aromatic carbocycles. The predicted octanol–water partition coefficient (Wildman–Crippen LogP) is 2.99. The quantitative estimate of drug-likeness (QED) is 0.690. The Hall–Kier alpha value is -3.19. The minimum Gasteiger partial charge on any atom is -0.398 e. The van der Waals surface area contributed by atoms with Crippen LogP contribution >= 0.6 is 0 Å². The summed E-state index contributed by atoms with van der Waals surface area (Å²) in [5, 5.41) is 2.77. The van der Waals surface area contributed by atoms with Gasteiger partial charge in [-0.15, -0.1) is 0 Å².